The highest BCUT2D eigenvalue weighted by molar-refractivity contribution is 5.52. The van der Waals surface area contributed by atoms with Crippen LogP contribution in [0.5, 0.6) is 0 Å². The maximum Gasteiger partial charge on any atom is 0.131 e. The second kappa shape index (κ2) is 2.71. The number of fused-ring (bicyclic) bond motifs is 1. The summed E-state index contributed by atoms with van der Waals surface area (Å²) in [6.07, 6.45) is 2.92. The Kier molecular flexibility index (Phi) is 1.69. The number of rotatable bonds is 0. The van der Waals surface area contributed by atoms with Crippen molar-refractivity contribution in [1.82, 2.24) is 10.3 Å². The SMILES string of the molecule is NC1Nc2cnccc2C(N)N1. The Bertz CT molecular complexity index is 287. The second-order valence-corrected chi connectivity index (χ2v) is 2.73. The summed E-state index contributed by atoms with van der Waals surface area (Å²) >= 11 is 0. The molecule has 1 aromatic rings. The van der Waals surface area contributed by atoms with Gasteiger partial charge in [-0.2, -0.15) is 0 Å². The smallest absolute Gasteiger partial charge is 0.131 e. The summed E-state index contributed by atoms with van der Waals surface area (Å²) in [4.78, 5) is 3.97. The molecule has 2 atom stereocenters. The Hall–Kier alpha value is -1.17. The summed E-state index contributed by atoms with van der Waals surface area (Å²) in [5, 5.41) is 5.97. The lowest BCUT2D eigenvalue weighted by Gasteiger charge is -2.29. The monoisotopic (exact) mass is 165 g/mol. The molecular weight excluding hydrogens is 154 g/mol. The average molecular weight is 165 g/mol. The second-order valence-electron chi connectivity index (χ2n) is 2.73. The van der Waals surface area contributed by atoms with E-state index in [9.17, 15) is 0 Å². The van der Waals surface area contributed by atoms with E-state index >= 15 is 0 Å². The fourth-order valence-corrected chi connectivity index (χ4v) is 1.29. The van der Waals surface area contributed by atoms with Crippen LogP contribution in [0, 0.1) is 0 Å². The molecule has 12 heavy (non-hydrogen) atoms. The van der Waals surface area contributed by atoms with Gasteiger partial charge in [0.25, 0.3) is 0 Å². The van der Waals surface area contributed by atoms with Crippen LogP contribution in [0.25, 0.3) is 0 Å². The van der Waals surface area contributed by atoms with Crippen LogP contribution < -0.4 is 22.1 Å². The molecule has 2 unspecified atom stereocenters. The number of anilines is 1. The van der Waals surface area contributed by atoms with Gasteiger partial charge >= 0.3 is 0 Å². The molecule has 0 spiro atoms. The van der Waals surface area contributed by atoms with Gasteiger partial charge in [-0.05, 0) is 6.07 Å². The molecule has 0 radical (unpaired) electrons. The maximum atomic E-state index is 5.78. The molecule has 5 nitrogen and oxygen atoms in total. The molecule has 64 valence electrons. The number of aromatic nitrogens is 1. The third kappa shape index (κ3) is 1.14. The average Bonchev–Trinajstić information content (AvgIpc) is 2.04. The van der Waals surface area contributed by atoms with E-state index in [0.717, 1.165) is 11.3 Å². The van der Waals surface area contributed by atoms with E-state index in [-0.39, 0.29) is 12.5 Å². The van der Waals surface area contributed by atoms with Gasteiger partial charge < -0.3 is 11.1 Å². The van der Waals surface area contributed by atoms with E-state index in [1.54, 1.807) is 12.4 Å². The van der Waals surface area contributed by atoms with Gasteiger partial charge in [0.1, 0.15) is 6.29 Å². The van der Waals surface area contributed by atoms with Crippen LogP contribution >= 0.6 is 0 Å². The molecule has 0 fully saturated rings. The zero-order chi connectivity index (χ0) is 8.55. The zero-order valence-corrected chi connectivity index (χ0v) is 6.49. The van der Waals surface area contributed by atoms with Gasteiger partial charge in [0.2, 0.25) is 0 Å². The molecule has 0 saturated carbocycles. The highest BCUT2D eigenvalue weighted by atomic mass is 15.3. The van der Waals surface area contributed by atoms with Gasteiger partial charge in [-0.15, -0.1) is 0 Å². The van der Waals surface area contributed by atoms with Gasteiger partial charge in [0.05, 0.1) is 18.1 Å². The number of nitrogens with zero attached hydrogens (tertiary/aromatic N) is 1. The maximum absolute atomic E-state index is 5.78. The fraction of sp³-hybridized carbons (Fsp3) is 0.286. The molecule has 0 amide bonds. The minimum atomic E-state index is -0.295. The molecule has 1 aliphatic rings. The lowest BCUT2D eigenvalue weighted by molar-refractivity contribution is 0.465. The topological polar surface area (TPSA) is 89.0 Å². The molecule has 2 rings (SSSR count). The fourth-order valence-electron chi connectivity index (χ4n) is 1.29. The van der Waals surface area contributed by atoms with Crippen molar-refractivity contribution in [3.63, 3.8) is 0 Å². The van der Waals surface area contributed by atoms with Crippen LogP contribution in [0.4, 0.5) is 5.69 Å². The van der Waals surface area contributed by atoms with Crippen molar-refractivity contribution >= 4 is 5.69 Å². The first-order chi connectivity index (χ1) is 5.77. The van der Waals surface area contributed by atoms with Crippen molar-refractivity contribution in [3.8, 4) is 0 Å². The standard InChI is InChI=1S/C7H11N5/c8-6-4-1-2-10-3-5(4)11-7(9)12-6/h1-3,6-7,11-12H,8-9H2. The van der Waals surface area contributed by atoms with Crippen molar-refractivity contribution in [2.45, 2.75) is 12.5 Å². The van der Waals surface area contributed by atoms with Crippen molar-refractivity contribution in [3.05, 3.63) is 24.0 Å². The predicted octanol–water partition coefficient (Wildman–Crippen LogP) is -0.704. The summed E-state index contributed by atoms with van der Waals surface area (Å²) < 4.78 is 0. The Morgan fingerprint density at radius 1 is 1.42 bits per heavy atom. The lowest BCUT2D eigenvalue weighted by atomic mass is 10.1. The van der Waals surface area contributed by atoms with Crippen LogP contribution in [0.3, 0.4) is 0 Å². The van der Waals surface area contributed by atoms with Crippen LogP contribution in [0.1, 0.15) is 11.7 Å². The van der Waals surface area contributed by atoms with Crippen LogP contribution in [-0.4, -0.2) is 11.3 Å². The molecule has 2 heterocycles. The van der Waals surface area contributed by atoms with Crippen molar-refractivity contribution in [2.75, 3.05) is 5.32 Å². The Morgan fingerprint density at radius 2 is 2.25 bits per heavy atom. The van der Waals surface area contributed by atoms with Crippen molar-refractivity contribution < 1.29 is 0 Å². The normalized spacial score (nSPS) is 27.5. The summed E-state index contributed by atoms with van der Waals surface area (Å²) in [5.74, 6) is 0. The Morgan fingerprint density at radius 3 is 3.08 bits per heavy atom. The predicted molar refractivity (Wildman–Crippen MR) is 45.9 cm³/mol. The van der Waals surface area contributed by atoms with Crippen LogP contribution in [-0.2, 0) is 0 Å². The molecular formula is C7H11N5. The summed E-state index contributed by atoms with van der Waals surface area (Å²) in [6, 6.07) is 1.87. The van der Waals surface area contributed by atoms with Crippen LogP contribution in [0.2, 0.25) is 0 Å². The van der Waals surface area contributed by atoms with Crippen molar-refractivity contribution in [2.24, 2.45) is 11.5 Å². The van der Waals surface area contributed by atoms with E-state index in [2.05, 4.69) is 15.6 Å². The minimum absolute atomic E-state index is 0.209. The molecule has 0 bridgehead atoms. The molecule has 0 aliphatic carbocycles. The third-order valence-corrected chi connectivity index (χ3v) is 1.86. The minimum Gasteiger partial charge on any atom is -0.356 e. The highest BCUT2D eigenvalue weighted by Crippen LogP contribution is 2.21. The zero-order valence-electron chi connectivity index (χ0n) is 6.49. The molecule has 5 heteroatoms. The molecule has 0 saturated heterocycles. The van der Waals surface area contributed by atoms with E-state index in [0.29, 0.717) is 0 Å². The Labute approximate surface area is 70.2 Å². The van der Waals surface area contributed by atoms with Gasteiger partial charge in [0.15, 0.2) is 0 Å². The first-order valence-electron chi connectivity index (χ1n) is 3.75. The van der Waals surface area contributed by atoms with Crippen LogP contribution in [0.15, 0.2) is 18.5 Å². The van der Waals surface area contributed by atoms with E-state index in [1.165, 1.54) is 0 Å². The van der Waals surface area contributed by atoms with Gasteiger partial charge in [0, 0.05) is 11.8 Å². The van der Waals surface area contributed by atoms with E-state index in [1.807, 2.05) is 6.07 Å². The highest BCUT2D eigenvalue weighted by Gasteiger charge is 2.19. The van der Waals surface area contributed by atoms with Gasteiger partial charge in [-0.3, -0.25) is 16.0 Å². The first-order valence-corrected chi connectivity index (χ1v) is 3.75. The summed E-state index contributed by atoms with van der Waals surface area (Å²) in [5.41, 5.74) is 13.3. The largest absolute Gasteiger partial charge is 0.356 e. The Balaban J connectivity index is 2.40. The van der Waals surface area contributed by atoms with Gasteiger partial charge in [-0.1, -0.05) is 0 Å². The third-order valence-electron chi connectivity index (χ3n) is 1.86. The number of pyridine rings is 1. The number of nitrogens with one attached hydrogen (secondary N) is 2. The molecule has 6 N–H and O–H groups in total. The van der Waals surface area contributed by atoms with Gasteiger partial charge in [-0.25, -0.2) is 0 Å². The number of hydrogen-bond donors (Lipinski definition) is 4. The molecule has 0 aromatic carbocycles. The summed E-state index contributed by atoms with van der Waals surface area (Å²) in [7, 11) is 0. The van der Waals surface area contributed by atoms with Crippen molar-refractivity contribution in [1.29, 1.82) is 0 Å². The number of hydrogen-bond acceptors (Lipinski definition) is 5. The quantitative estimate of drug-likeness (QED) is 0.408. The lowest BCUT2D eigenvalue weighted by Crippen LogP contribution is -2.51. The van der Waals surface area contributed by atoms with E-state index < -0.39 is 0 Å². The van der Waals surface area contributed by atoms with E-state index in [4.69, 9.17) is 11.5 Å². The molecule has 1 aliphatic heterocycles. The first kappa shape index (κ1) is 7.48. The molecule has 1 aromatic heterocycles. The summed E-state index contributed by atoms with van der Waals surface area (Å²) in [6.45, 7) is 0. The number of nitrogens with two attached hydrogens (primary N) is 2.